The van der Waals surface area contributed by atoms with Crippen LogP contribution in [0.15, 0.2) is 30.5 Å². The molecule has 0 radical (unpaired) electrons. The van der Waals surface area contributed by atoms with Crippen LogP contribution in [0.2, 0.25) is 0 Å². The third kappa shape index (κ3) is 3.47. The third-order valence-electron chi connectivity index (χ3n) is 3.47. The standard InChI is InChI=1S/C15H15F3N4S/c1-10-21-11-5-2-3-6-12(11)22(10)8-4-7-19-14-20-9-13(23-14)15(16,17)18/h2-3,5-6,9H,4,7-8H2,1H3,(H,19,20). The summed E-state index contributed by atoms with van der Waals surface area (Å²) in [6.45, 7) is 3.25. The number of thiazole rings is 1. The van der Waals surface area contributed by atoms with E-state index >= 15 is 0 Å². The van der Waals surface area contributed by atoms with Crippen molar-refractivity contribution in [2.75, 3.05) is 11.9 Å². The van der Waals surface area contributed by atoms with Crippen LogP contribution < -0.4 is 5.32 Å². The highest BCUT2D eigenvalue weighted by Gasteiger charge is 2.33. The van der Waals surface area contributed by atoms with Gasteiger partial charge in [0.1, 0.15) is 10.7 Å². The summed E-state index contributed by atoms with van der Waals surface area (Å²) in [5.41, 5.74) is 2.02. The Morgan fingerprint density at radius 1 is 1.26 bits per heavy atom. The molecule has 0 aliphatic rings. The Kier molecular flexibility index (Phi) is 4.25. The Balaban J connectivity index is 1.57. The number of fused-ring (bicyclic) bond motifs is 1. The van der Waals surface area contributed by atoms with Crippen LogP contribution in [0.4, 0.5) is 18.3 Å². The van der Waals surface area contributed by atoms with E-state index in [-0.39, 0.29) is 0 Å². The molecule has 0 unspecified atom stereocenters. The minimum Gasteiger partial charge on any atom is -0.361 e. The van der Waals surface area contributed by atoms with E-state index in [4.69, 9.17) is 0 Å². The van der Waals surface area contributed by atoms with Crippen LogP contribution in [0.5, 0.6) is 0 Å². The Labute approximate surface area is 135 Å². The summed E-state index contributed by atoms with van der Waals surface area (Å²) in [5, 5.41) is 3.24. The van der Waals surface area contributed by atoms with Gasteiger partial charge in [-0.15, -0.1) is 0 Å². The molecule has 2 aromatic heterocycles. The largest absolute Gasteiger partial charge is 0.427 e. The topological polar surface area (TPSA) is 42.7 Å². The lowest BCUT2D eigenvalue weighted by Gasteiger charge is -2.07. The number of anilines is 1. The molecule has 3 rings (SSSR count). The maximum absolute atomic E-state index is 12.5. The number of rotatable bonds is 5. The molecule has 122 valence electrons. The number of nitrogens with zero attached hydrogens (tertiary/aromatic N) is 3. The van der Waals surface area contributed by atoms with Gasteiger partial charge in [-0.3, -0.25) is 0 Å². The summed E-state index contributed by atoms with van der Waals surface area (Å²) in [6, 6.07) is 7.89. The molecule has 0 saturated heterocycles. The SMILES string of the molecule is Cc1nc2ccccc2n1CCCNc1ncc(C(F)(F)F)s1. The lowest BCUT2D eigenvalue weighted by Crippen LogP contribution is -2.07. The molecular weight excluding hydrogens is 325 g/mol. The lowest BCUT2D eigenvalue weighted by atomic mass is 10.3. The summed E-state index contributed by atoms with van der Waals surface area (Å²) in [5.74, 6) is 0.930. The van der Waals surface area contributed by atoms with E-state index in [2.05, 4.69) is 19.9 Å². The molecule has 4 nitrogen and oxygen atoms in total. The zero-order valence-electron chi connectivity index (χ0n) is 12.4. The first-order valence-electron chi connectivity index (χ1n) is 7.14. The maximum Gasteiger partial charge on any atom is 0.427 e. The normalized spacial score (nSPS) is 12.0. The van der Waals surface area contributed by atoms with Gasteiger partial charge in [0, 0.05) is 13.1 Å². The second-order valence-corrected chi connectivity index (χ2v) is 6.14. The highest BCUT2D eigenvalue weighted by atomic mass is 32.1. The first-order chi connectivity index (χ1) is 10.9. The second-order valence-electron chi connectivity index (χ2n) is 5.11. The zero-order valence-corrected chi connectivity index (χ0v) is 13.2. The lowest BCUT2D eigenvalue weighted by molar-refractivity contribution is -0.134. The van der Waals surface area contributed by atoms with Gasteiger partial charge in [0.2, 0.25) is 0 Å². The van der Waals surface area contributed by atoms with Gasteiger partial charge in [-0.2, -0.15) is 13.2 Å². The van der Waals surface area contributed by atoms with E-state index in [1.54, 1.807) is 0 Å². The number of nitrogens with one attached hydrogen (secondary N) is 1. The van der Waals surface area contributed by atoms with Crippen molar-refractivity contribution in [1.29, 1.82) is 0 Å². The number of halogens is 3. The number of hydrogen-bond donors (Lipinski definition) is 1. The molecule has 0 aliphatic carbocycles. The van der Waals surface area contributed by atoms with Gasteiger partial charge in [0.15, 0.2) is 5.13 Å². The van der Waals surface area contributed by atoms with Gasteiger partial charge in [-0.05, 0) is 25.5 Å². The van der Waals surface area contributed by atoms with Crippen molar-refractivity contribution in [3.63, 3.8) is 0 Å². The minimum atomic E-state index is -4.33. The molecule has 2 heterocycles. The van der Waals surface area contributed by atoms with Crippen molar-refractivity contribution in [2.24, 2.45) is 0 Å². The Bertz CT molecular complexity index is 807. The van der Waals surface area contributed by atoms with Crippen molar-refractivity contribution >= 4 is 27.5 Å². The summed E-state index contributed by atoms with van der Waals surface area (Å²) < 4.78 is 39.6. The van der Waals surface area contributed by atoms with Crippen LogP contribution in [-0.2, 0) is 12.7 Å². The zero-order chi connectivity index (χ0) is 16.4. The summed E-state index contributed by atoms with van der Waals surface area (Å²) in [7, 11) is 0. The average molecular weight is 340 g/mol. The van der Waals surface area contributed by atoms with Crippen molar-refractivity contribution in [3.05, 3.63) is 41.2 Å². The number of benzene rings is 1. The van der Waals surface area contributed by atoms with Crippen LogP contribution in [0.3, 0.4) is 0 Å². The van der Waals surface area contributed by atoms with Gasteiger partial charge in [0.25, 0.3) is 0 Å². The molecule has 3 aromatic rings. The number of aromatic nitrogens is 3. The number of alkyl halides is 3. The van der Waals surface area contributed by atoms with E-state index in [1.165, 1.54) is 0 Å². The van der Waals surface area contributed by atoms with Gasteiger partial charge in [0.05, 0.1) is 17.2 Å². The number of para-hydroxylation sites is 2. The fourth-order valence-electron chi connectivity index (χ4n) is 2.40. The Hall–Kier alpha value is -2.09. The van der Waals surface area contributed by atoms with Crippen LogP contribution >= 0.6 is 11.3 Å². The third-order valence-corrected chi connectivity index (χ3v) is 4.47. The van der Waals surface area contributed by atoms with Crippen LogP contribution in [0.25, 0.3) is 11.0 Å². The summed E-state index contributed by atoms with van der Waals surface area (Å²) >= 11 is 0.627. The molecule has 0 amide bonds. The first-order valence-corrected chi connectivity index (χ1v) is 7.95. The monoisotopic (exact) mass is 340 g/mol. The molecule has 0 aliphatic heterocycles. The molecule has 0 bridgehead atoms. The summed E-state index contributed by atoms with van der Waals surface area (Å²) in [4.78, 5) is 7.56. The molecule has 23 heavy (non-hydrogen) atoms. The Morgan fingerprint density at radius 3 is 2.78 bits per heavy atom. The summed E-state index contributed by atoms with van der Waals surface area (Å²) in [6.07, 6.45) is -2.70. The van der Waals surface area contributed by atoms with E-state index in [1.807, 2.05) is 31.2 Å². The predicted octanol–water partition coefficient (Wildman–Crippen LogP) is 4.32. The molecule has 0 atom stereocenters. The van der Waals surface area contributed by atoms with E-state index in [0.717, 1.165) is 36.0 Å². The number of hydrogen-bond acceptors (Lipinski definition) is 4. The molecular formula is C15H15F3N4S. The van der Waals surface area contributed by atoms with Gasteiger partial charge >= 0.3 is 6.18 Å². The molecule has 0 saturated carbocycles. The fourth-order valence-corrected chi connectivity index (χ4v) is 3.11. The maximum atomic E-state index is 12.5. The first kappa shape index (κ1) is 15.8. The Morgan fingerprint density at radius 2 is 2.04 bits per heavy atom. The fraction of sp³-hybridized carbons (Fsp3) is 0.333. The van der Waals surface area contributed by atoms with Crippen LogP contribution in [0.1, 0.15) is 17.1 Å². The molecule has 0 fully saturated rings. The van der Waals surface area contributed by atoms with E-state index in [9.17, 15) is 13.2 Å². The quantitative estimate of drug-likeness (QED) is 0.703. The minimum absolute atomic E-state index is 0.296. The van der Waals surface area contributed by atoms with Crippen LogP contribution in [0, 0.1) is 6.92 Å². The van der Waals surface area contributed by atoms with Crippen molar-refractivity contribution < 1.29 is 13.2 Å². The van der Waals surface area contributed by atoms with Gasteiger partial charge in [-0.25, -0.2) is 9.97 Å². The second kappa shape index (κ2) is 6.19. The van der Waals surface area contributed by atoms with Crippen molar-refractivity contribution in [1.82, 2.24) is 14.5 Å². The average Bonchev–Trinajstić information content (AvgIpc) is 3.08. The number of aryl methyl sites for hydroxylation is 2. The van der Waals surface area contributed by atoms with Crippen LogP contribution in [-0.4, -0.2) is 21.1 Å². The molecule has 8 heteroatoms. The molecule has 1 N–H and O–H groups in total. The number of imidazole rings is 1. The highest BCUT2D eigenvalue weighted by molar-refractivity contribution is 7.15. The van der Waals surface area contributed by atoms with Crippen molar-refractivity contribution in [3.8, 4) is 0 Å². The predicted molar refractivity (Wildman–Crippen MR) is 84.7 cm³/mol. The van der Waals surface area contributed by atoms with E-state index < -0.39 is 11.1 Å². The van der Waals surface area contributed by atoms with Gasteiger partial charge in [-0.1, -0.05) is 23.5 Å². The molecule has 0 spiro atoms. The van der Waals surface area contributed by atoms with Gasteiger partial charge < -0.3 is 9.88 Å². The highest BCUT2D eigenvalue weighted by Crippen LogP contribution is 2.34. The smallest absolute Gasteiger partial charge is 0.361 e. The molecule has 1 aromatic carbocycles. The van der Waals surface area contributed by atoms with Crippen molar-refractivity contribution in [2.45, 2.75) is 26.1 Å². The van der Waals surface area contributed by atoms with E-state index in [0.29, 0.717) is 23.0 Å².